The van der Waals surface area contributed by atoms with Gasteiger partial charge in [-0.1, -0.05) is 5.16 Å². The fourth-order valence-electron chi connectivity index (χ4n) is 1.99. The van der Waals surface area contributed by atoms with Gasteiger partial charge in [0, 0.05) is 12.1 Å². The molecule has 0 atom stereocenters. The molecule has 0 spiro atoms. The summed E-state index contributed by atoms with van der Waals surface area (Å²) in [5.74, 6) is 1.65. The molecular formula is C15H23ClN2O3. The number of methoxy groups -OCH3 is 1. The Bertz CT molecular complexity index is 478. The summed E-state index contributed by atoms with van der Waals surface area (Å²) in [5.41, 5.74) is 1.89. The summed E-state index contributed by atoms with van der Waals surface area (Å²) < 4.78 is 11.0. The molecule has 1 aliphatic rings. The molecule has 118 valence electrons. The van der Waals surface area contributed by atoms with E-state index in [0.717, 1.165) is 42.2 Å². The van der Waals surface area contributed by atoms with Crippen molar-refractivity contribution in [2.75, 3.05) is 41.0 Å². The molecule has 0 aromatic heterocycles. The van der Waals surface area contributed by atoms with Crippen LogP contribution in [-0.4, -0.2) is 51.6 Å². The maximum atomic E-state index is 5.72. The maximum absolute atomic E-state index is 5.72. The van der Waals surface area contributed by atoms with Gasteiger partial charge in [0.05, 0.1) is 19.4 Å². The van der Waals surface area contributed by atoms with Crippen molar-refractivity contribution in [3.63, 3.8) is 0 Å². The lowest BCUT2D eigenvalue weighted by Crippen LogP contribution is -2.17. The van der Waals surface area contributed by atoms with Crippen molar-refractivity contribution in [2.24, 2.45) is 5.16 Å². The zero-order chi connectivity index (χ0) is 14.4. The number of nitrogens with zero attached hydrogens (tertiary/aromatic N) is 2. The van der Waals surface area contributed by atoms with Crippen molar-refractivity contribution in [2.45, 2.75) is 12.8 Å². The fourth-order valence-corrected chi connectivity index (χ4v) is 1.99. The van der Waals surface area contributed by atoms with Gasteiger partial charge < -0.3 is 19.2 Å². The molecule has 0 N–H and O–H groups in total. The van der Waals surface area contributed by atoms with Gasteiger partial charge in [-0.3, -0.25) is 0 Å². The van der Waals surface area contributed by atoms with E-state index in [4.69, 9.17) is 14.3 Å². The number of ether oxygens (including phenoxy) is 2. The molecule has 5 nitrogen and oxygen atoms in total. The summed E-state index contributed by atoms with van der Waals surface area (Å²) >= 11 is 0. The van der Waals surface area contributed by atoms with Crippen molar-refractivity contribution in [3.8, 4) is 11.5 Å². The van der Waals surface area contributed by atoms with Crippen molar-refractivity contribution >= 4 is 18.1 Å². The number of hydrogen-bond acceptors (Lipinski definition) is 5. The molecule has 0 radical (unpaired) electrons. The molecule has 2 rings (SSSR count). The number of benzene rings is 1. The summed E-state index contributed by atoms with van der Waals surface area (Å²) in [5, 5.41) is 4.29. The van der Waals surface area contributed by atoms with Crippen LogP contribution in [0.5, 0.6) is 11.5 Å². The lowest BCUT2D eigenvalue weighted by Gasteiger charge is -2.11. The van der Waals surface area contributed by atoms with Crippen molar-refractivity contribution in [3.05, 3.63) is 23.8 Å². The van der Waals surface area contributed by atoms with Gasteiger partial charge in [-0.2, -0.15) is 0 Å². The van der Waals surface area contributed by atoms with Gasteiger partial charge in [-0.15, -0.1) is 12.4 Å². The zero-order valence-electron chi connectivity index (χ0n) is 12.8. The first-order chi connectivity index (χ1) is 9.70. The summed E-state index contributed by atoms with van der Waals surface area (Å²) in [6, 6.07) is 5.78. The normalized spacial score (nSPS) is 15.7. The second-order valence-corrected chi connectivity index (χ2v) is 4.99. The molecule has 1 heterocycles. The number of rotatable bonds is 5. The van der Waals surface area contributed by atoms with Crippen LogP contribution >= 0.6 is 12.4 Å². The van der Waals surface area contributed by atoms with Crippen molar-refractivity contribution in [1.82, 2.24) is 4.90 Å². The predicted octanol–water partition coefficient (Wildman–Crippen LogP) is 2.57. The lowest BCUT2D eigenvalue weighted by atomic mass is 10.1. The SMILES string of the molecule is COc1ccc2c(c1)/C(=N/OCCN(C)C)CCCO2.Cl. The third-order valence-electron chi connectivity index (χ3n) is 3.12. The second kappa shape index (κ2) is 8.74. The highest BCUT2D eigenvalue weighted by Crippen LogP contribution is 2.28. The molecule has 0 saturated heterocycles. The number of likely N-dealkylation sites (N-methyl/N-ethyl adjacent to an activating group) is 1. The van der Waals surface area contributed by atoms with Gasteiger partial charge in [0.25, 0.3) is 0 Å². The number of halogens is 1. The number of fused-ring (bicyclic) bond motifs is 1. The van der Waals surface area contributed by atoms with Gasteiger partial charge >= 0.3 is 0 Å². The van der Waals surface area contributed by atoms with Crippen LogP contribution in [0.2, 0.25) is 0 Å². The van der Waals surface area contributed by atoms with E-state index in [2.05, 4.69) is 10.1 Å². The molecule has 6 heteroatoms. The minimum Gasteiger partial charge on any atom is -0.497 e. The molecule has 0 unspecified atom stereocenters. The molecule has 0 saturated carbocycles. The van der Waals surface area contributed by atoms with Crippen molar-refractivity contribution < 1.29 is 14.3 Å². The van der Waals surface area contributed by atoms with Crippen LogP contribution in [0.3, 0.4) is 0 Å². The minimum absolute atomic E-state index is 0. The molecular weight excluding hydrogens is 292 g/mol. The first kappa shape index (κ1) is 17.6. The third-order valence-corrected chi connectivity index (χ3v) is 3.12. The van der Waals surface area contributed by atoms with Crippen LogP contribution in [0.4, 0.5) is 0 Å². The quantitative estimate of drug-likeness (QED) is 0.619. The fraction of sp³-hybridized carbons (Fsp3) is 0.533. The Hall–Kier alpha value is -1.46. The Morgan fingerprint density at radius 2 is 2.14 bits per heavy atom. The van der Waals surface area contributed by atoms with Crippen LogP contribution in [0.15, 0.2) is 23.4 Å². The Kier molecular flexibility index (Phi) is 7.32. The molecule has 1 aliphatic heterocycles. The summed E-state index contributed by atoms with van der Waals surface area (Å²) in [6.07, 6.45) is 1.79. The van der Waals surface area contributed by atoms with Gasteiger partial charge in [0.1, 0.15) is 18.1 Å². The number of hydrogen-bond donors (Lipinski definition) is 0. The minimum atomic E-state index is 0. The molecule has 1 aromatic carbocycles. The summed E-state index contributed by atoms with van der Waals surface area (Å²) in [6.45, 7) is 2.13. The Morgan fingerprint density at radius 1 is 1.33 bits per heavy atom. The van der Waals surface area contributed by atoms with E-state index in [-0.39, 0.29) is 12.4 Å². The van der Waals surface area contributed by atoms with E-state index < -0.39 is 0 Å². The first-order valence-electron chi connectivity index (χ1n) is 6.85. The van der Waals surface area contributed by atoms with Crippen molar-refractivity contribution in [1.29, 1.82) is 0 Å². The largest absolute Gasteiger partial charge is 0.497 e. The van der Waals surface area contributed by atoms with E-state index in [1.807, 2.05) is 32.3 Å². The smallest absolute Gasteiger partial charge is 0.129 e. The summed E-state index contributed by atoms with van der Waals surface area (Å²) in [4.78, 5) is 7.48. The maximum Gasteiger partial charge on any atom is 0.129 e. The zero-order valence-corrected chi connectivity index (χ0v) is 13.6. The van der Waals surface area contributed by atoms with E-state index in [1.165, 1.54) is 0 Å². The molecule has 0 fully saturated rings. The van der Waals surface area contributed by atoms with Crippen LogP contribution < -0.4 is 9.47 Å². The monoisotopic (exact) mass is 314 g/mol. The number of oxime groups is 1. The van der Waals surface area contributed by atoms with Crippen LogP contribution in [0, 0.1) is 0 Å². The molecule has 1 aromatic rings. The van der Waals surface area contributed by atoms with E-state index in [9.17, 15) is 0 Å². The molecule has 21 heavy (non-hydrogen) atoms. The first-order valence-corrected chi connectivity index (χ1v) is 6.85. The highest BCUT2D eigenvalue weighted by Gasteiger charge is 2.16. The third kappa shape index (κ3) is 5.10. The standard InChI is InChI=1S/C15H22N2O3.ClH/c1-17(2)8-10-20-16-14-5-4-9-19-15-7-6-12(18-3)11-13(14)15;/h6-7,11H,4-5,8-10H2,1-3H3;1H/b16-14+;. The van der Waals surface area contributed by atoms with Crippen LogP contribution in [0.25, 0.3) is 0 Å². The Balaban J connectivity index is 0.00000220. The van der Waals surface area contributed by atoms with E-state index in [1.54, 1.807) is 7.11 Å². The average molecular weight is 315 g/mol. The van der Waals surface area contributed by atoms with Crippen LogP contribution in [-0.2, 0) is 4.84 Å². The lowest BCUT2D eigenvalue weighted by molar-refractivity contribution is 0.125. The topological polar surface area (TPSA) is 43.3 Å². The van der Waals surface area contributed by atoms with E-state index >= 15 is 0 Å². The Morgan fingerprint density at radius 3 is 2.86 bits per heavy atom. The summed E-state index contributed by atoms with van der Waals surface area (Å²) in [7, 11) is 5.68. The predicted molar refractivity (Wildman–Crippen MR) is 86.0 cm³/mol. The van der Waals surface area contributed by atoms with Gasteiger partial charge in [-0.25, -0.2) is 0 Å². The average Bonchev–Trinajstić information content (AvgIpc) is 2.65. The van der Waals surface area contributed by atoms with Gasteiger partial charge in [-0.05, 0) is 45.1 Å². The highest BCUT2D eigenvalue weighted by molar-refractivity contribution is 6.03. The van der Waals surface area contributed by atoms with E-state index in [0.29, 0.717) is 13.2 Å². The Labute approximate surface area is 132 Å². The second-order valence-electron chi connectivity index (χ2n) is 4.99. The highest BCUT2D eigenvalue weighted by atomic mass is 35.5. The van der Waals surface area contributed by atoms with Crippen LogP contribution in [0.1, 0.15) is 18.4 Å². The van der Waals surface area contributed by atoms with Gasteiger partial charge in [0.15, 0.2) is 0 Å². The molecule has 0 aliphatic carbocycles. The molecule has 0 amide bonds. The van der Waals surface area contributed by atoms with Gasteiger partial charge in [0.2, 0.25) is 0 Å². The molecule has 0 bridgehead atoms.